The van der Waals surface area contributed by atoms with Crippen LogP contribution in [0.25, 0.3) is 11.4 Å². The number of ether oxygens (including phenoxy) is 1. The Balaban J connectivity index is 1.63. The number of carbonyl (C=O) groups excluding carboxylic acids is 1. The highest BCUT2D eigenvalue weighted by atomic mass is 32.2. The molecular formula is C17H16FN5O2S. The van der Waals surface area contributed by atoms with Crippen molar-refractivity contribution in [3.8, 4) is 17.1 Å². The van der Waals surface area contributed by atoms with Gasteiger partial charge in [0.05, 0.1) is 18.4 Å². The number of anilines is 1. The predicted octanol–water partition coefficient (Wildman–Crippen LogP) is 2.54. The first kappa shape index (κ1) is 17.7. The molecule has 2 aromatic carbocycles. The zero-order valence-corrected chi connectivity index (χ0v) is 14.7. The van der Waals surface area contributed by atoms with Crippen molar-refractivity contribution in [2.24, 2.45) is 0 Å². The van der Waals surface area contributed by atoms with Crippen LogP contribution in [0.5, 0.6) is 5.75 Å². The molecule has 0 atom stereocenters. The highest BCUT2D eigenvalue weighted by molar-refractivity contribution is 7.99. The summed E-state index contributed by atoms with van der Waals surface area (Å²) >= 11 is 1.11. The Labute approximate surface area is 153 Å². The average Bonchev–Trinajstić information content (AvgIpc) is 3.01. The molecule has 0 aliphatic carbocycles. The quantitative estimate of drug-likeness (QED) is 0.509. The van der Waals surface area contributed by atoms with Crippen LogP contribution >= 0.6 is 11.8 Å². The van der Waals surface area contributed by atoms with Crippen LogP contribution in [0.4, 0.5) is 10.1 Å². The Hall–Kier alpha value is -3.07. The summed E-state index contributed by atoms with van der Waals surface area (Å²) in [7, 11) is 1.57. The van der Waals surface area contributed by atoms with E-state index < -0.39 is 5.82 Å². The van der Waals surface area contributed by atoms with Crippen molar-refractivity contribution in [1.29, 1.82) is 0 Å². The van der Waals surface area contributed by atoms with E-state index in [4.69, 9.17) is 10.6 Å². The minimum Gasteiger partial charge on any atom is -0.497 e. The summed E-state index contributed by atoms with van der Waals surface area (Å²) in [5.41, 5.74) is 0.898. The number of nitrogens with one attached hydrogen (secondary N) is 1. The first-order chi connectivity index (χ1) is 12.6. The number of methoxy groups -OCH3 is 1. The number of hydrogen-bond acceptors (Lipinski definition) is 6. The number of aromatic nitrogens is 3. The summed E-state index contributed by atoms with van der Waals surface area (Å²) in [6.07, 6.45) is 0. The highest BCUT2D eigenvalue weighted by Gasteiger charge is 2.16. The van der Waals surface area contributed by atoms with E-state index in [2.05, 4.69) is 15.5 Å². The lowest BCUT2D eigenvalue weighted by Gasteiger charge is -2.06. The second-order valence-electron chi connectivity index (χ2n) is 5.22. The second kappa shape index (κ2) is 7.87. The molecule has 26 heavy (non-hydrogen) atoms. The summed E-state index contributed by atoms with van der Waals surface area (Å²) in [6, 6.07) is 13.1. The van der Waals surface area contributed by atoms with Gasteiger partial charge in [-0.1, -0.05) is 23.9 Å². The van der Waals surface area contributed by atoms with E-state index >= 15 is 0 Å². The largest absolute Gasteiger partial charge is 0.497 e. The summed E-state index contributed by atoms with van der Waals surface area (Å²) in [4.78, 5) is 12.1. The molecule has 7 nitrogen and oxygen atoms in total. The van der Waals surface area contributed by atoms with Crippen molar-refractivity contribution in [3.05, 3.63) is 54.3 Å². The van der Waals surface area contributed by atoms with E-state index in [1.54, 1.807) is 49.6 Å². The second-order valence-corrected chi connectivity index (χ2v) is 6.16. The summed E-state index contributed by atoms with van der Waals surface area (Å²) in [6.45, 7) is 0. The van der Waals surface area contributed by atoms with Crippen LogP contribution in [0.1, 0.15) is 0 Å². The summed E-state index contributed by atoms with van der Waals surface area (Å²) in [5, 5.41) is 10.9. The van der Waals surface area contributed by atoms with Crippen LogP contribution in [-0.2, 0) is 4.79 Å². The van der Waals surface area contributed by atoms with Crippen molar-refractivity contribution in [2.45, 2.75) is 5.16 Å². The number of nitrogens with zero attached hydrogens (tertiary/aromatic N) is 3. The van der Waals surface area contributed by atoms with Gasteiger partial charge in [0.1, 0.15) is 11.6 Å². The molecule has 0 fully saturated rings. The van der Waals surface area contributed by atoms with Gasteiger partial charge in [-0.3, -0.25) is 4.79 Å². The molecule has 3 N–H and O–H groups in total. The Bertz CT molecular complexity index is 914. The first-order valence-corrected chi connectivity index (χ1v) is 8.59. The Morgan fingerprint density at radius 1 is 1.23 bits per heavy atom. The van der Waals surface area contributed by atoms with E-state index in [1.807, 2.05) is 0 Å². The number of nitrogen functional groups attached to an aromatic ring is 1. The van der Waals surface area contributed by atoms with E-state index in [0.717, 1.165) is 11.8 Å². The van der Waals surface area contributed by atoms with E-state index in [0.29, 0.717) is 16.6 Å². The molecule has 0 saturated carbocycles. The smallest absolute Gasteiger partial charge is 0.234 e. The molecule has 1 heterocycles. The number of rotatable bonds is 6. The first-order valence-electron chi connectivity index (χ1n) is 7.60. The monoisotopic (exact) mass is 373 g/mol. The number of hydrogen-bond donors (Lipinski definition) is 2. The van der Waals surface area contributed by atoms with Gasteiger partial charge in [-0.05, 0) is 36.4 Å². The molecule has 0 aliphatic rings. The lowest BCUT2D eigenvalue weighted by atomic mass is 10.2. The fraction of sp³-hybridized carbons (Fsp3) is 0.118. The number of carbonyl (C=O) groups is 1. The van der Waals surface area contributed by atoms with E-state index in [1.165, 1.54) is 10.7 Å². The molecule has 0 spiro atoms. The van der Waals surface area contributed by atoms with Crippen LogP contribution in [0.2, 0.25) is 0 Å². The van der Waals surface area contributed by atoms with Gasteiger partial charge < -0.3 is 15.9 Å². The van der Waals surface area contributed by atoms with Gasteiger partial charge in [-0.2, -0.15) is 0 Å². The molecule has 0 saturated heterocycles. The van der Waals surface area contributed by atoms with Gasteiger partial charge in [-0.15, -0.1) is 10.2 Å². The maximum absolute atomic E-state index is 13.9. The Kier molecular flexibility index (Phi) is 5.37. The molecule has 9 heteroatoms. The molecule has 134 valence electrons. The topological polar surface area (TPSA) is 95.1 Å². The fourth-order valence-corrected chi connectivity index (χ4v) is 2.86. The zero-order chi connectivity index (χ0) is 18.5. The van der Waals surface area contributed by atoms with Gasteiger partial charge in [-0.25, -0.2) is 9.07 Å². The third-order valence-corrected chi connectivity index (χ3v) is 4.43. The van der Waals surface area contributed by atoms with Gasteiger partial charge in [0, 0.05) is 5.69 Å². The molecular weight excluding hydrogens is 357 g/mol. The molecule has 0 aliphatic heterocycles. The predicted molar refractivity (Wildman–Crippen MR) is 97.9 cm³/mol. The summed E-state index contributed by atoms with van der Waals surface area (Å²) < 4.78 is 20.1. The third kappa shape index (κ3) is 3.94. The lowest BCUT2D eigenvalue weighted by molar-refractivity contribution is -0.113. The Morgan fingerprint density at radius 2 is 1.96 bits per heavy atom. The minimum atomic E-state index is -0.444. The molecule has 3 rings (SSSR count). The van der Waals surface area contributed by atoms with Crippen molar-refractivity contribution < 1.29 is 13.9 Å². The third-order valence-electron chi connectivity index (χ3n) is 3.49. The van der Waals surface area contributed by atoms with Gasteiger partial charge in [0.15, 0.2) is 5.82 Å². The molecule has 3 aromatic rings. The fourth-order valence-electron chi connectivity index (χ4n) is 2.20. The molecule has 1 aromatic heterocycles. The maximum atomic E-state index is 13.9. The standard InChI is InChI=1S/C17H16FN5O2S/c1-25-12-8-6-11(7-9-12)20-15(24)10-26-17-22-21-16(23(17)19)13-4-2-3-5-14(13)18/h2-9H,10,19H2,1H3,(H,20,24). The normalized spacial score (nSPS) is 10.5. The van der Waals surface area contributed by atoms with Crippen molar-refractivity contribution >= 4 is 23.4 Å². The van der Waals surface area contributed by atoms with Gasteiger partial charge >= 0.3 is 0 Å². The van der Waals surface area contributed by atoms with Gasteiger partial charge in [0.25, 0.3) is 0 Å². The van der Waals surface area contributed by atoms with Crippen LogP contribution < -0.4 is 15.9 Å². The molecule has 1 amide bonds. The minimum absolute atomic E-state index is 0.0820. The lowest BCUT2D eigenvalue weighted by Crippen LogP contribution is -2.16. The van der Waals surface area contributed by atoms with Gasteiger partial charge in [0.2, 0.25) is 11.1 Å². The number of amides is 1. The zero-order valence-electron chi connectivity index (χ0n) is 13.8. The van der Waals surface area contributed by atoms with E-state index in [9.17, 15) is 9.18 Å². The molecule has 0 radical (unpaired) electrons. The molecule has 0 bridgehead atoms. The highest BCUT2D eigenvalue weighted by Crippen LogP contribution is 2.24. The van der Waals surface area contributed by atoms with Crippen LogP contribution in [0.3, 0.4) is 0 Å². The van der Waals surface area contributed by atoms with Crippen molar-refractivity contribution in [3.63, 3.8) is 0 Å². The van der Waals surface area contributed by atoms with Crippen molar-refractivity contribution in [1.82, 2.24) is 14.9 Å². The number of halogens is 1. The maximum Gasteiger partial charge on any atom is 0.234 e. The SMILES string of the molecule is COc1ccc(NC(=O)CSc2nnc(-c3ccccc3F)n2N)cc1. The van der Waals surface area contributed by atoms with Crippen LogP contribution in [0, 0.1) is 5.82 Å². The average molecular weight is 373 g/mol. The number of thioether (sulfide) groups is 1. The van der Waals surface area contributed by atoms with Crippen LogP contribution in [-0.4, -0.2) is 33.6 Å². The van der Waals surface area contributed by atoms with E-state index in [-0.39, 0.29) is 23.0 Å². The molecule has 0 unspecified atom stereocenters. The van der Waals surface area contributed by atoms with Crippen molar-refractivity contribution in [2.75, 3.05) is 24.0 Å². The number of benzene rings is 2. The Morgan fingerprint density at radius 3 is 2.65 bits per heavy atom. The number of nitrogens with two attached hydrogens (primary N) is 1. The summed E-state index contributed by atoms with van der Waals surface area (Å²) in [5.74, 6) is 6.24. The van der Waals surface area contributed by atoms with Crippen LogP contribution in [0.15, 0.2) is 53.7 Å².